The molecule has 0 fully saturated rings. The number of carbonyl (C=O) groups excluding carboxylic acids is 1. The Morgan fingerprint density at radius 3 is 2.86 bits per heavy atom. The van der Waals surface area contributed by atoms with Crippen LogP contribution in [0.4, 0.5) is 5.69 Å². The van der Waals surface area contributed by atoms with Gasteiger partial charge in [-0.1, -0.05) is 0 Å². The van der Waals surface area contributed by atoms with Crippen LogP contribution in [-0.4, -0.2) is 41.4 Å². The molecule has 1 atom stereocenters. The molecule has 152 valence electrons. The van der Waals surface area contributed by atoms with Crippen LogP contribution in [0.3, 0.4) is 0 Å². The number of aromatic nitrogens is 3. The fraction of sp³-hybridized carbons (Fsp3) is 0.316. The Balaban J connectivity index is 1.45. The highest BCUT2D eigenvalue weighted by atomic mass is 32.2. The summed E-state index contributed by atoms with van der Waals surface area (Å²) in [5.41, 5.74) is 3.43. The first-order valence-corrected chi connectivity index (χ1v) is 11.7. The molecule has 4 rings (SSSR count). The van der Waals surface area contributed by atoms with E-state index in [1.165, 1.54) is 21.9 Å². The zero-order chi connectivity index (χ0) is 20.8. The second-order valence-corrected chi connectivity index (χ2v) is 9.80. The Labute approximate surface area is 172 Å². The number of nitrogens with zero attached hydrogens (tertiary/aromatic N) is 4. The average Bonchev–Trinajstić information content (AvgIpc) is 3.35. The minimum absolute atomic E-state index is 0.0680. The van der Waals surface area contributed by atoms with E-state index >= 15 is 0 Å². The molecule has 0 radical (unpaired) electrons. The topological polar surface area (TPSA) is 94.4 Å². The Hall–Kier alpha value is -2.72. The van der Waals surface area contributed by atoms with Crippen molar-refractivity contribution in [3.8, 4) is 10.6 Å². The fourth-order valence-corrected chi connectivity index (χ4v) is 5.54. The zero-order valence-corrected chi connectivity index (χ0v) is 17.8. The molecule has 0 bridgehead atoms. The van der Waals surface area contributed by atoms with Gasteiger partial charge in [-0.2, -0.15) is 5.10 Å². The molecular weight excluding hydrogens is 412 g/mol. The summed E-state index contributed by atoms with van der Waals surface area (Å²) in [4.78, 5) is 16.9. The molecule has 10 heteroatoms. The lowest BCUT2D eigenvalue weighted by atomic mass is 10.1. The number of carbonyl (C=O) groups is 1. The van der Waals surface area contributed by atoms with Gasteiger partial charge in [-0.25, -0.2) is 18.2 Å². The Bertz CT molecular complexity index is 1180. The van der Waals surface area contributed by atoms with E-state index in [-0.39, 0.29) is 12.6 Å². The number of hydrogen-bond donors (Lipinski definition) is 0. The van der Waals surface area contributed by atoms with Crippen molar-refractivity contribution in [2.75, 3.05) is 10.6 Å². The van der Waals surface area contributed by atoms with Gasteiger partial charge in [0, 0.05) is 30.2 Å². The summed E-state index contributed by atoms with van der Waals surface area (Å²) in [5.74, 6) is -0.464. The van der Waals surface area contributed by atoms with E-state index in [4.69, 9.17) is 4.74 Å². The molecule has 0 N–H and O–H groups in total. The lowest BCUT2D eigenvalue weighted by molar-refractivity contribution is 0.0468. The third kappa shape index (κ3) is 3.90. The van der Waals surface area contributed by atoms with Gasteiger partial charge in [-0.05, 0) is 37.1 Å². The number of ether oxygens (including phenoxy) is 1. The van der Waals surface area contributed by atoms with Gasteiger partial charge in [0.2, 0.25) is 10.0 Å². The van der Waals surface area contributed by atoms with Crippen molar-refractivity contribution in [2.24, 2.45) is 7.05 Å². The van der Waals surface area contributed by atoms with Gasteiger partial charge in [-0.3, -0.25) is 8.99 Å². The smallest absolute Gasteiger partial charge is 0.338 e. The van der Waals surface area contributed by atoms with E-state index in [0.717, 1.165) is 16.1 Å². The third-order valence-electron chi connectivity index (χ3n) is 4.68. The van der Waals surface area contributed by atoms with Gasteiger partial charge in [-0.15, -0.1) is 11.3 Å². The van der Waals surface area contributed by atoms with Gasteiger partial charge in [0.25, 0.3) is 0 Å². The van der Waals surface area contributed by atoms with Gasteiger partial charge in [0.15, 0.2) is 0 Å². The average molecular weight is 433 g/mol. The van der Waals surface area contributed by atoms with Crippen LogP contribution in [0.15, 0.2) is 36.0 Å². The van der Waals surface area contributed by atoms with Gasteiger partial charge in [0.05, 0.1) is 29.4 Å². The summed E-state index contributed by atoms with van der Waals surface area (Å²) in [6.45, 7) is 1.92. The van der Waals surface area contributed by atoms with Crippen molar-refractivity contribution < 1.29 is 17.9 Å². The van der Waals surface area contributed by atoms with Crippen molar-refractivity contribution in [2.45, 2.75) is 26.0 Å². The fourth-order valence-electron chi connectivity index (χ4n) is 3.50. The molecular formula is C19H20N4O4S2. The lowest BCUT2D eigenvalue weighted by Gasteiger charge is -2.21. The molecule has 1 unspecified atom stereocenters. The van der Waals surface area contributed by atoms with Crippen LogP contribution >= 0.6 is 11.3 Å². The quantitative estimate of drug-likeness (QED) is 0.575. The molecule has 3 heterocycles. The Kier molecular flexibility index (Phi) is 4.91. The number of rotatable bonds is 5. The number of benzene rings is 1. The lowest BCUT2D eigenvalue weighted by Crippen LogP contribution is -2.34. The van der Waals surface area contributed by atoms with Crippen LogP contribution in [0, 0.1) is 0 Å². The number of thiazole rings is 1. The largest absolute Gasteiger partial charge is 0.456 e. The molecule has 1 aliphatic heterocycles. The first-order valence-electron chi connectivity index (χ1n) is 8.95. The zero-order valence-electron chi connectivity index (χ0n) is 16.2. The van der Waals surface area contributed by atoms with Crippen LogP contribution in [0.5, 0.6) is 0 Å². The van der Waals surface area contributed by atoms with E-state index in [9.17, 15) is 13.2 Å². The number of anilines is 1. The molecule has 0 amide bonds. The van der Waals surface area contributed by atoms with Gasteiger partial charge >= 0.3 is 5.97 Å². The number of fused-ring (bicyclic) bond motifs is 1. The van der Waals surface area contributed by atoms with Crippen LogP contribution < -0.4 is 4.31 Å². The highest BCUT2D eigenvalue weighted by Crippen LogP contribution is 2.35. The van der Waals surface area contributed by atoms with Crippen molar-refractivity contribution in [1.82, 2.24) is 14.8 Å². The molecule has 1 aromatic carbocycles. The minimum atomic E-state index is -3.36. The van der Waals surface area contributed by atoms with E-state index in [2.05, 4.69) is 10.1 Å². The summed E-state index contributed by atoms with van der Waals surface area (Å²) >= 11 is 1.46. The van der Waals surface area contributed by atoms with E-state index in [1.807, 2.05) is 25.5 Å². The third-order valence-corrected chi connectivity index (χ3v) is 6.89. The highest BCUT2D eigenvalue weighted by molar-refractivity contribution is 7.92. The second kappa shape index (κ2) is 7.27. The molecule has 0 saturated heterocycles. The van der Waals surface area contributed by atoms with Gasteiger partial charge < -0.3 is 4.74 Å². The number of aryl methyl sites for hydroxylation is 1. The maximum absolute atomic E-state index is 12.5. The molecule has 1 aliphatic rings. The van der Waals surface area contributed by atoms with Gasteiger partial charge in [0.1, 0.15) is 11.6 Å². The maximum Gasteiger partial charge on any atom is 0.338 e. The Morgan fingerprint density at radius 2 is 2.17 bits per heavy atom. The van der Waals surface area contributed by atoms with E-state index < -0.39 is 16.0 Å². The summed E-state index contributed by atoms with van der Waals surface area (Å²) in [6, 6.07) is 4.80. The first kappa shape index (κ1) is 19.6. The monoisotopic (exact) mass is 432 g/mol. The molecule has 0 spiro atoms. The number of esters is 1. The predicted molar refractivity (Wildman–Crippen MR) is 110 cm³/mol. The normalized spacial score (nSPS) is 16.1. The summed E-state index contributed by atoms with van der Waals surface area (Å²) in [7, 11) is -1.52. The first-order chi connectivity index (χ1) is 13.7. The van der Waals surface area contributed by atoms with Crippen LogP contribution in [0.1, 0.15) is 28.5 Å². The van der Waals surface area contributed by atoms with Crippen LogP contribution in [-0.2, 0) is 34.8 Å². The molecule has 3 aromatic rings. The summed E-state index contributed by atoms with van der Waals surface area (Å²) in [5, 5.41) is 6.79. The van der Waals surface area contributed by atoms with Crippen molar-refractivity contribution >= 4 is 33.0 Å². The highest BCUT2D eigenvalue weighted by Gasteiger charge is 2.32. The number of hydrogen-bond acceptors (Lipinski definition) is 7. The van der Waals surface area contributed by atoms with Crippen LogP contribution in [0.2, 0.25) is 0 Å². The SMILES string of the molecule is CC1Cc2cc(C(=O)OCc3csc(-c4cnn(C)c4)n3)ccc2N1S(C)(=O)=O. The minimum Gasteiger partial charge on any atom is -0.456 e. The van der Waals surface area contributed by atoms with Crippen molar-refractivity contribution in [1.29, 1.82) is 0 Å². The summed E-state index contributed by atoms with van der Waals surface area (Å²) < 4.78 is 32.5. The molecule has 8 nitrogen and oxygen atoms in total. The molecule has 2 aromatic heterocycles. The summed E-state index contributed by atoms with van der Waals surface area (Å²) in [6.07, 6.45) is 5.36. The van der Waals surface area contributed by atoms with Crippen molar-refractivity contribution in [3.05, 3.63) is 52.8 Å². The Morgan fingerprint density at radius 1 is 1.38 bits per heavy atom. The molecule has 29 heavy (non-hydrogen) atoms. The second-order valence-electron chi connectivity index (χ2n) is 7.08. The maximum atomic E-state index is 12.5. The number of sulfonamides is 1. The molecule has 0 saturated carbocycles. The molecule has 0 aliphatic carbocycles. The predicted octanol–water partition coefficient (Wildman–Crippen LogP) is 2.61. The van der Waals surface area contributed by atoms with E-state index in [0.29, 0.717) is 23.4 Å². The van der Waals surface area contributed by atoms with Crippen LogP contribution in [0.25, 0.3) is 10.6 Å². The van der Waals surface area contributed by atoms with Crippen molar-refractivity contribution in [3.63, 3.8) is 0 Å². The standard InChI is InChI=1S/C19H20N4O4S2/c1-12-6-14-7-13(4-5-17(14)23(12)29(3,25)26)19(24)27-10-16-11-28-18(21-16)15-8-20-22(2)9-15/h4-5,7-9,11-12H,6,10H2,1-3H3. The van der Waals surface area contributed by atoms with E-state index in [1.54, 1.807) is 29.1 Å².